The van der Waals surface area contributed by atoms with Crippen molar-refractivity contribution in [1.82, 2.24) is 15.3 Å². The Hall–Kier alpha value is -2.82. The number of carbonyl (C=O) groups is 1. The van der Waals surface area contributed by atoms with Crippen LogP contribution in [0.4, 0.5) is 21.6 Å². The Morgan fingerprint density at radius 1 is 1.30 bits per heavy atom. The van der Waals surface area contributed by atoms with E-state index in [1.807, 2.05) is 18.2 Å². The van der Waals surface area contributed by atoms with Crippen LogP contribution in [-0.4, -0.2) is 57.1 Å². The lowest BCUT2D eigenvalue weighted by Gasteiger charge is -2.35. The van der Waals surface area contributed by atoms with Crippen molar-refractivity contribution in [2.45, 2.75) is 44.5 Å². The molecule has 1 aromatic carbocycles. The Balaban J connectivity index is 1.52. The molecular weight excluding hydrogens is 445 g/mol. The van der Waals surface area contributed by atoms with Crippen LogP contribution in [0.2, 0.25) is 0 Å². The smallest absolute Gasteiger partial charge is 0.255 e. The first-order valence-electron chi connectivity index (χ1n) is 10.9. The fourth-order valence-electron chi connectivity index (χ4n) is 3.65. The molecule has 0 spiro atoms. The van der Waals surface area contributed by atoms with Crippen molar-refractivity contribution in [2.75, 3.05) is 23.8 Å². The predicted octanol–water partition coefficient (Wildman–Crippen LogP) is 3.46. The number of benzene rings is 1. The Morgan fingerprint density at radius 3 is 2.82 bits per heavy atom. The van der Waals surface area contributed by atoms with Crippen LogP contribution < -0.4 is 16.0 Å². The monoisotopic (exact) mass is 473 g/mol. The van der Waals surface area contributed by atoms with Gasteiger partial charge in [0.25, 0.3) is 5.91 Å². The van der Waals surface area contributed by atoms with Gasteiger partial charge in [-0.1, -0.05) is 0 Å². The second-order valence-corrected chi connectivity index (χ2v) is 9.85. The molecule has 1 amide bonds. The normalized spacial score (nSPS) is 19.1. The molecule has 0 bridgehead atoms. The first kappa shape index (κ1) is 23.3. The Bertz CT molecular complexity index is 1130. The van der Waals surface area contributed by atoms with Crippen LogP contribution >= 0.6 is 11.3 Å². The van der Waals surface area contributed by atoms with Crippen LogP contribution in [0.1, 0.15) is 37.0 Å². The van der Waals surface area contributed by atoms with E-state index in [1.165, 1.54) is 20.0 Å². The van der Waals surface area contributed by atoms with Crippen LogP contribution in [0.3, 0.4) is 0 Å². The van der Waals surface area contributed by atoms with Gasteiger partial charge in [0.05, 0.1) is 39.1 Å². The number of amides is 1. The minimum Gasteiger partial charge on any atom is -0.396 e. The van der Waals surface area contributed by atoms with Gasteiger partial charge in [-0.15, -0.1) is 11.3 Å². The Labute approximate surface area is 195 Å². The first-order valence-corrected chi connectivity index (χ1v) is 11.7. The van der Waals surface area contributed by atoms with Crippen molar-refractivity contribution in [3.05, 3.63) is 41.5 Å². The number of anilines is 3. The number of carbonyl (C=O) groups excluding carboxylic acids is 1. The molecule has 0 saturated heterocycles. The molecule has 1 aliphatic rings. The van der Waals surface area contributed by atoms with Gasteiger partial charge in [0, 0.05) is 30.6 Å². The van der Waals surface area contributed by atoms with Gasteiger partial charge < -0.3 is 26.2 Å². The van der Waals surface area contributed by atoms with Crippen molar-refractivity contribution in [2.24, 2.45) is 5.92 Å². The van der Waals surface area contributed by atoms with Gasteiger partial charge in [0.15, 0.2) is 0 Å². The molecule has 1 saturated carbocycles. The van der Waals surface area contributed by atoms with E-state index < -0.39 is 17.7 Å². The van der Waals surface area contributed by atoms with Crippen molar-refractivity contribution < 1.29 is 19.4 Å². The quantitative estimate of drug-likeness (QED) is 0.323. The molecule has 10 heteroatoms. The van der Waals surface area contributed by atoms with E-state index in [-0.39, 0.29) is 30.7 Å². The summed E-state index contributed by atoms with van der Waals surface area (Å²) in [5.41, 5.74) is 2.87. The van der Waals surface area contributed by atoms with E-state index >= 15 is 0 Å². The number of fused-ring (bicyclic) bond motifs is 1. The molecule has 8 nitrogen and oxygen atoms in total. The van der Waals surface area contributed by atoms with Crippen LogP contribution in [-0.2, 0) is 0 Å². The summed E-state index contributed by atoms with van der Waals surface area (Å²) in [6.07, 6.45) is 1.45. The number of aliphatic hydroxyl groups is 2. The molecule has 1 fully saturated rings. The fraction of sp³-hybridized carbons (Fsp3) is 0.435. The summed E-state index contributed by atoms with van der Waals surface area (Å²) in [5, 5.41) is 28.2. The second kappa shape index (κ2) is 9.58. The number of hydrogen-bond donors (Lipinski definition) is 5. The van der Waals surface area contributed by atoms with Crippen LogP contribution in [0, 0.1) is 5.92 Å². The number of aromatic nitrogens is 2. The van der Waals surface area contributed by atoms with Crippen molar-refractivity contribution >= 4 is 44.7 Å². The molecule has 4 rings (SSSR count). The Kier molecular flexibility index (Phi) is 6.78. The van der Waals surface area contributed by atoms with Gasteiger partial charge in [-0.2, -0.15) is 0 Å². The first-order chi connectivity index (χ1) is 15.7. The van der Waals surface area contributed by atoms with Gasteiger partial charge in [0.2, 0.25) is 0 Å². The molecule has 5 N–H and O–H groups in total. The lowest BCUT2D eigenvalue weighted by Crippen LogP contribution is -2.42. The predicted molar refractivity (Wildman–Crippen MR) is 128 cm³/mol. The molecule has 3 aromatic rings. The number of pyridine rings is 1. The summed E-state index contributed by atoms with van der Waals surface area (Å²) >= 11 is 1.55. The summed E-state index contributed by atoms with van der Waals surface area (Å²) < 4.78 is 15.2. The van der Waals surface area contributed by atoms with Gasteiger partial charge in [-0.05, 0) is 50.8 Å². The number of aliphatic hydroxyl groups excluding tert-OH is 1. The summed E-state index contributed by atoms with van der Waals surface area (Å²) in [6.45, 7) is 2.55. The topological polar surface area (TPSA) is 119 Å². The summed E-state index contributed by atoms with van der Waals surface area (Å²) in [5.74, 6) is 0.327. The van der Waals surface area contributed by atoms with Gasteiger partial charge in [-0.25, -0.2) is 14.4 Å². The van der Waals surface area contributed by atoms with Crippen molar-refractivity contribution in [3.8, 4) is 0 Å². The number of rotatable bonds is 9. The van der Waals surface area contributed by atoms with Crippen LogP contribution in [0.15, 0.2) is 36.0 Å². The lowest BCUT2D eigenvalue weighted by molar-refractivity contribution is -0.00177. The zero-order valence-corrected chi connectivity index (χ0v) is 19.3. The van der Waals surface area contributed by atoms with Crippen molar-refractivity contribution in [3.63, 3.8) is 0 Å². The lowest BCUT2D eigenvalue weighted by atomic mass is 9.81. The number of alkyl halides is 1. The average molecular weight is 474 g/mol. The van der Waals surface area contributed by atoms with E-state index in [0.29, 0.717) is 11.5 Å². The van der Waals surface area contributed by atoms with Crippen LogP contribution in [0.25, 0.3) is 10.2 Å². The largest absolute Gasteiger partial charge is 0.396 e. The Morgan fingerprint density at radius 2 is 2.09 bits per heavy atom. The number of hydrogen-bond acceptors (Lipinski definition) is 8. The van der Waals surface area contributed by atoms with Crippen molar-refractivity contribution in [1.29, 1.82) is 0 Å². The van der Waals surface area contributed by atoms with E-state index in [0.717, 1.165) is 28.7 Å². The molecule has 2 aromatic heterocycles. The highest BCUT2D eigenvalue weighted by Crippen LogP contribution is 2.32. The third kappa shape index (κ3) is 5.58. The SMILES string of the molecule is CC(C)(O)C(F)CNC(=O)c1cnc(Nc2ccc3ncsc3c2)cc1NC1CC(CO)C1. The number of thiazole rings is 1. The number of nitrogens with one attached hydrogen (secondary N) is 3. The maximum Gasteiger partial charge on any atom is 0.255 e. The van der Waals surface area contributed by atoms with E-state index in [1.54, 1.807) is 22.9 Å². The molecule has 2 heterocycles. The van der Waals surface area contributed by atoms with E-state index in [2.05, 4.69) is 25.9 Å². The third-order valence-electron chi connectivity index (χ3n) is 5.81. The highest BCUT2D eigenvalue weighted by Gasteiger charge is 2.30. The average Bonchev–Trinajstić information content (AvgIpc) is 3.21. The summed E-state index contributed by atoms with van der Waals surface area (Å²) in [4.78, 5) is 21.4. The van der Waals surface area contributed by atoms with Gasteiger partial charge >= 0.3 is 0 Å². The molecular formula is C23H28FN5O3S. The molecule has 1 aliphatic carbocycles. The standard InChI is InChI=1S/C23H28FN5O3S/c1-23(2,32)20(24)10-26-22(31)16-9-25-21(8-18(16)28-15-5-13(6-15)11-30)29-14-3-4-17-19(7-14)33-12-27-17/h3-4,7-9,12-13,15,20,30,32H,5-6,10-11H2,1-2H3,(H,26,31)(H2,25,28,29). The molecule has 0 radical (unpaired) electrons. The number of nitrogens with zero attached hydrogens (tertiary/aromatic N) is 2. The number of halogens is 1. The molecule has 1 unspecified atom stereocenters. The summed E-state index contributed by atoms with van der Waals surface area (Å²) in [6, 6.07) is 7.70. The fourth-order valence-corrected chi connectivity index (χ4v) is 4.37. The zero-order valence-electron chi connectivity index (χ0n) is 18.5. The highest BCUT2D eigenvalue weighted by atomic mass is 32.1. The maximum atomic E-state index is 14.1. The van der Waals surface area contributed by atoms with Crippen LogP contribution in [0.5, 0.6) is 0 Å². The summed E-state index contributed by atoms with van der Waals surface area (Å²) in [7, 11) is 0. The van der Waals surface area contributed by atoms with Gasteiger partial charge in [0.1, 0.15) is 12.0 Å². The minimum atomic E-state index is -1.61. The molecule has 33 heavy (non-hydrogen) atoms. The molecule has 0 aliphatic heterocycles. The third-order valence-corrected chi connectivity index (χ3v) is 6.61. The van der Waals surface area contributed by atoms with E-state index in [4.69, 9.17) is 0 Å². The zero-order chi connectivity index (χ0) is 23.6. The molecule has 1 atom stereocenters. The minimum absolute atomic E-state index is 0.128. The molecule has 176 valence electrons. The highest BCUT2D eigenvalue weighted by molar-refractivity contribution is 7.16. The maximum absolute atomic E-state index is 14.1. The van der Waals surface area contributed by atoms with E-state index in [9.17, 15) is 19.4 Å². The second-order valence-electron chi connectivity index (χ2n) is 8.97. The van der Waals surface area contributed by atoms with Gasteiger partial charge in [-0.3, -0.25) is 4.79 Å².